The van der Waals surface area contributed by atoms with Gasteiger partial charge in [0.05, 0.1) is 11.3 Å². The summed E-state index contributed by atoms with van der Waals surface area (Å²) < 4.78 is 10.7. The third-order valence-corrected chi connectivity index (χ3v) is 5.28. The van der Waals surface area contributed by atoms with Gasteiger partial charge in [-0.3, -0.25) is 14.5 Å². The molecular formula is C21H19ClN4O4. The summed E-state index contributed by atoms with van der Waals surface area (Å²) >= 11 is 5.92. The number of hydrogen-bond donors (Lipinski definition) is 1. The number of piperazine rings is 1. The second kappa shape index (κ2) is 8.61. The van der Waals surface area contributed by atoms with Gasteiger partial charge < -0.3 is 19.7 Å². The van der Waals surface area contributed by atoms with E-state index in [9.17, 15) is 9.59 Å². The lowest BCUT2D eigenvalue weighted by Crippen LogP contribution is -2.51. The van der Waals surface area contributed by atoms with Crippen molar-refractivity contribution in [1.29, 1.82) is 5.26 Å². The average Bonchev–Trinajstić information content (AvgIpc) is 3.22. The van der Waals surface area contributed by atoms with Gasteiger partial charge in [-0.2, -0.15) is 5.26 Å². The lowest BCUT2D eigenvalue weighted by Gasteiger charge is -2.34. The minimum Gasteiger partial charge on any atom is -0.454 e. The molecule has 0 unspecified atom stereocenters. The first-order valence-corrected chi connectivity index (χ1v) is 9.82. The number of nitrogens with one attached hydrogen (secondary N) is 1. The van der Waals surface area contributed by atoms with Crippen LogP contribution in [0, 0.1) is 11.3 Å². The Morgan fingerprint density at radius 2 is 1.83 bits per heavy atom. The van der Waals surface area contributed by atoms with E-state index >= 15 is 0 Å². The molecule has 1 fully saturated rings. The van der Waals surface area contributed by atoms with E-state index in [0.29, 0.717) is 31.2 Å². The van der Waals surface area contributed by atoms with E-state index in [2.05, 4.69) is 10.2 Å². The summed E-state index contributed by atoms with van der Waals surface area (Å²) in [4.78, 5) is 28.6. The molecule has 0 aromatic heterocycles. The Bertz CT molecular complexity index is 1030. The largest absolute Gasteiger partial charge is 0.454 e. The van der Waals surface area contributed by atoms with E-state index in [1.807, 2.05) is 24.3 Å². The summed E-state index contributed by atoms with van der Waals surface area (Å²) in [5, 5.41) is 12.0. The van der Waals surface area contributed by atoms with E-state index in [1.54, 1.807) is 6.07 Å². The van der Waals surface area contributed by atoms with Crippen molar-refractivity contribution in [1.82, 2.24) is 9.80 Å². The van der Waals surface area contributed by atoms with Crippen LogP contribution in [0.1, 0.15) is 11.1 Å². The lowest BCUT2D eigenvalue weighted by molar-refractivity contribution is -0.144. The van der Waals surface area contributed by atoms with E-state index in [0.717, 1.165) is 23.6 Å². The first-order chi connectivity index (χ1) is 14.5. The van der Waals surface area contributed by atoms with Gasteiger partial charge in [0.1, 0.15) is 6.07 Å². The number of rotatable bonds is 3. The second-order valence-electron chi connectivity index (χ2n) is 7.01. The van der Waals surface area contributed by atoms with Gasteiger partial charge in [-0.1, -0.05) is 17.7 Å². The Morgan fingerprint density at radius 1 is 1.07 bits per heavy atom. The van der Waals surface area contributed by atoms with Crippen molar-refractivity contribution in [3.63, 3.8) is 0 Å². The molecule has 2 aliphatic heterocycles. The average molecular weight is 427 g/mol. The standard InChI is InChI=1S/C21H19ClN4O4/c22-16-3-2-15(11-23)17(10-16)24-20(27)21(28)26-7-5-25(6-8-26)12-14-1-4-18-19(9-14)30-13-29-18/h1-4,9-10H,5-8,12-13H2,(H,24,27). The van der Waals surface area contributed by atoms with Crippen molar-refractivity contribution < 1.29 is 19.1 Å². The summed E-state index contributed by atoms with van der Waals surface area (Å²) in [7, 11) is 0. The molecule has 2 aromatic rings. The molecule has 0 radical (unpaired) electrons. The van der Waals surface area contributed by atoms with Crippen LogP contribution in [-0.4, -0.2) is 54.6 Å². The predicted molar refractivity (Wildman–Crippen MR) is 109 cm³/mol. The van der Waals surface area contributed by atoms with E-state index < -0.39 is 11.8 Å². The topological polar surface area (TPSA) is 94.9 Å². The maximum atomic E-state index is 12.5. The molecule has 4 rings (SSSR count). The normalized spacial score (nSPS) is 15.5. The van der Waals surface area contributed by atoms with Gasteiger partial charge in [0.25, 0.3) is 0 Å². The van der Waals surface area contributed by atoms with Gasteiger partial charge in [0.2, 0.25) is 6.79 Å². The van der Waals surface area contributed by atoms with Gasteiger partial charge in [0, 0.05) is 37.7 Å². The minimum atomic E-state index is -0.780. The number of carbonyl (C=O) groups is 2. The van der Waals surface area contributed by atoms with Crippen LogP contribution < -0.4 is 14.8 Å². The van der Waals surface area contributed by atoms with E-state index in [-0.39, 0.29) is 18.0 Å². The fourth-order valence-electron chi connectivity index (χ4n) is 3.44. The molecule has 0 saturated carbocycles. The van der Waals surface area contributed by atoms with Gasteiger partial charge in [-0.15, -0.1) is 0 Å². The van der Waals surface area contributed by atoms with Gasteiger partial charge in [0.15, 0.2) is 11.5 Å². The Labute approximate surface area is 178 Å². The maximum Gasteiger partial charge on any atom is 0.313 e. The molecule has 0 aliphatic carbocycles. The van der Waals surface area contributed by atoms with Crippen molar-refractivity contribution in [2.24, 2.45) is 0 Å². The van der Waals surface area contributed by atoms with Crippen molar-refractivity contribution in [2.75, 3.05) is 38.3 Å². The molecule has 8 nitrogen and oxygen atoms in total. The summed E-state index contributed by atoms with van der Waals surface area (Å²) in [6.45, 7) is 3.14. The van der Waals surface area contributed by atoms with E-state index in [4.69, 9.17) is 26.3 Å². The highest BCUT2D eigenvalue weighted by Crippen LogP contribution is 2.32. The predicted octanol–water partition coefficient (Wildman–Crippen LogP) is 2.22. The molecular weight excluding hydrogens is 408 g/mol. The van der Waals surface area contributed by atoms with Gasteiger partial charge in [-0.05, 0) is 35.9 Å². The molecule has 0 atom stereocenters. The quantitative estimate of drug-likeness (QED) is 0.756. The summed E-state index contributed by atoms with van der Waals surface area (Å²) in [6, 6.07) is 12.3. The minimum absolute atomic E-state index is 0.227. The van der Waals surface area contributed by atoms with Crippen molar-refractivity contribution in [3.05, 3.63) is 52.5 Å². The smallest absolute Gasteiger partial charge is 0.313 e. The number of ether oxygens (including phenoxy) is 2. The maximum absolute atomic E-state index is 12.5. The number of nitrogens with zero attached hydrogens (tertiary/aromatic N) is 3. The molecule has 9 heteroatoms. The zero-order valence-electron chi connectivity index (χ0n) is 16.1. The second-order valence-corrected chi connectivity index (χ2v) is 7.45. The molecule has 1 N–H and O–H groups in total. The third kappa shape index (κ3) is 4.32. The fraction of sp³-hybridized carbons (Fsp3) is 0.286. The molecule has 2 amide bonds. The van der Waals surface area contributed by atoms with Crippen molar-refractivity contribution in [3.8, 4) is 17.6 Å². The zero-order chi connectivity index (χ0) is 21.1. The summed E-state index contributed by atoms with van der Waals surface area (Å²) in [5.74, 6) is 0.0924. The number of halogens is 1. The number of hydrogen-bond acceptors (Lipinski definition) is 6. The Hall–Kier alpha value is -3.28. The molecule has 1 saturated heterocycles. The SMILES string of the molecule is N#Cc1ccc(Cl)cc1NC(=O)C(=O)N1CCN(Cc2ccc3c(c2)OCO3)CC1. The molecule has 0 spiro atoms. The van der Waals surface area contributed by atoms with Crippen LogP contribution in [0.3, 0.4) is 0 Å². The van der Waals surface area contributed by atoms with Crippen LogP contribution in [0.15, 0.2) is 36.4 Å². The monoisotopic (exact) mass is 426 g/mol. The van der Waals surface area contributed by atoms with Crippen LogP contribution in [0.4, 0.5) is 5.69 Å². The number of fused-ring (bicyclic) bond motifs is 1. The molecule has 2 heterocycles. The van der Waals surface area contributed by atoms with Crippen LogP contribution in [0.25, 0.3) is 0 Å². The van der Waals surface area contributed by atoms with E-state index in [1.165, 1.54) is 17.0 Å². The molecule has 2 aliphatic rings. The molecule has 154 valence electrons. The lowest BCUT2D eigenvalue weighted by atomic mass is 10.1. The molecule has 30 heavy (non-hydrogen) atoms. The fourth-order valence-corrected chi connectivity index (χ4v) is 3.62. The number of anilines is 1. The number of benzene rings is 2. The van der Waals surface area contributed by atoms with Gasteiger partial charge in [-0.25, -0.2) is 0 Å². The summed E-state index contributed by atoms with van der Waals surface area (Å²) in [5.41, 5.74) is 1.57. The first-order valence-electron chi connectivity index (χ1n) is 9.44. The highest BCUT2D eigenvalue weighted by molar-refractivity contribution is 6.40. The number of nitriles is 1. The first kappa shape index (κ1) is 20.0. The highest BCUT2D eigenvalue weighted by atomic mass is 35.5. The Kier molecular flexibility index (Phi) is 5.74. The Balaban J connectivity index is 1.31. The Morgan fingerprint density at radius 3 is 2.60 bits per heavy atom. The summed E-state index contributed by atoms with van der Waals surface area (Å²) in [6.07, 6.45) is 0. The van der Waals surface area contributed by atoms with Crippen molar-refractivity contribution >= 4 is 29.1 Å². The van der Waals surface area contributed by atoms with Crippen LogP contribution in [-0.2, 0) is 16.1 Å². The van der Waals surface area contributed by atoms with Crippen molar-refractivity contribution in [2.45, 2.75) is 6.54 Å². The highest BCUT2D eigenvalue weighted by Gasteiger charge is 2.27. The van der Waals surface area contributed by atoms with Crippen LogP contribution >= 0.6 is 11.6 Å². The number of carbonyl (C=O) groups excluding carboxylic acids is 2. The van der Waals surface area contributed by atoms with Crippen LogP contribution in [0.5, 0.6) is 11.5 Å². The van der Waals surface area contributed by atoms with Gasteiger partial charge >= 0.3 is 11.8 Å². The number of amides is 2. The molecule has 2 aromatic carbocycles. The zero-order valence-corrected chi connectivity index (χ0v) is 16.8. The van der Waals surface area contributed by atoms with Crippen LogP contribution in [0.2, 0.25) is 5.02 Å². The third-order valence-electron chi connectivity index (χ3n) is 5.05. The molecule has 0 bridgehead atoms.